The number of nitrogens with zero attached hydrogens (tertiary/aromatic N) is 3. The smallest absolute Gasteiger partial charge is 0.255 e. The van der Waals surface area contributed by atoms with Gasteiger partial charge in [0.1, 0.15) is 17.4 Å². The van der Waals surface area contributed by atoms with E-state index in [0.717, 1.165) is 37.5 Å². The number of nitrogen functional groups attached to an aromatic ring is 1. The standard InChI is InChI=1S/C17H22ClN5O2.2ClH/c1-25-14-10-13(19)12(18)9-11(14)17(24)20-7-6-16-22-21-15-5-3-2-4-8-23(15)16;;/h9-10H,2-8,19H2,1H3,(H,20,24);2*1H. The second-order valence-electron chi connectivity index (χ2n) is 6.07. The predicted molar refractivity (Wildman–Crippen MR) is 111 cm³/mol. The third kappa shape index (κ3) is 5.40. The molecule has 1 aromatic heterocycles. The molecule has 0 saturated heterocycles. The highest BCUT2D eigenvalue weighted by Gasteiger charge is 2.17. The molecule has 3 rings (SSSR count). The first-order valence-electron chi connectivity index (χ1n) is 8.42. The van der Waals surface area contributed by atoms with Crippen molar-refractivity contribution in [2.24, 2.45) is 0 Å². The lowest BCUT2D eigenvalue weighted by atomic mass is 10.1. The van der Waals surface area contributed by atoms with Crippen molar-refractivity contribution in [2.45, 2.75) is 38.6 Å². The van der Waals surface area contributed by atoms with Gasteiger partial charge in [0.2, 0.25) is 0 Å². The second kappa shape index (κ2) is 10.6. The molecule has 1 aliphatic heterocycles. The summed E-state index contributed by atoms with van der Waals surface area (Å²) in [5, 5.41) is 11.7. The lowest BCUT2D eigenvalue weighted by molar-refractivity contribution is 0.0951. The van der Waals surface area contributed by atoms with Gasteiger partial charge in [-0.1, -0.05) is 18.0 Å². The highest BCUT2D eigenvalue weighted by Crippen LogP contribution is 2.28. The van der Waals surface area contributed by atoms with Crippen molar-refractivity contribution in [3.8, 4) is 5.75 Å². The van der Waals surface area contributed by atoms with Gasteiger partial charge in [0, 0.05) is 32.0 Å². The molecule has 1 amide bonds. The highest BCUT2D eigenvalue weighted by molar-refractivity contribution is 6.33. The molecule has 7 nitrogen and oxygen atoms in total. The average Bonchev–Trinajstić information content (AvgIpc) is 2.83. The first-order valence-corrected chi connectivity index (χ1v) is 8.80. The van der Waals surface area contributed by atoms with Crippen LogP contribution in [0, 0.1) is 0 Å². The molecule has 0 spiro atoms. The van der Waals surface area contributed by atoms with Crippen molar-refractivity contribution in [3.63, 3.8) is 0 Å². The summed E-state index contributed by atoms with van der Waals surface area (Å²) in [7, 11) is 1.49. The normalized spacial score (nSPS) is 12.8. The van der Waals surface area contributed by atoms with Crippen LogP contribution >= 0.6 is 36.4 Å². The fourth-order valence-electron chi connectivity index (χ4n) is 3.03. The number of carbonyl (C=O) groups is 1. The third-order valence-corrected chi connectivity index (χ3v) is 4.71. The summed E-state index contributed by atoms with van der Waals surface area (Å²) >= 11 is 6.01. The van der Waals surface area contributed by atoms with Crippen LogP contribution in [0.25, 0.3) is 0 Å². The summed E-state index contributed by atoms with van der Waals surface area (Å²) in [5.41, 5.74) is 6.48. The summed E-state index contributed by atoms with van der Waals surface area (Å²) in [6.45, 7) is 1.41. The van der Waals surface area contributed by atoms with Crippen LogP contribution in [0.3, 0.4) is 0 Å². The number of nitrogens with one attached hydrogen (secondary N) is 1. The zero-order valence-corrected chi connectivity index (χ0v) is 17.4. The third-order valence-electron chi connectivity index (χ3n) is 4.38. The second-order valence-corrected chi connectivity index (χ2v) is 6.48. The minimum absolute atomic E-state index is 0. The topological polar surface area (TPSA) is 95.1 Å². The number of aromatic nitrogens is 3. The van der Waals surface area contributed by atoms with Gasteiger partial charge in [0.05, 0.1) is 23.4 Å². The number of hydrogen-bond acceptors (Lipinski definition) is 5. The number of halogens is 3. The van der Waals surface area contributed by atoms with Crippen LogP contribution in [0.15, 0.2) is 12.1 Å². The van der Waals surface area contributed by atoms with Crippen molar-refractivity contribution < 1.29 is 9.53 Å². The minimum atomic E-state index is -0.255. The molecule has 0 fully saturated rings. The summed E-state index contributed by atoms with van der Waals surface area (Å²) in [6, 6.07) is 3.07. The number of amides is 1. The van der Waals surface area contributed by atoms with Gasteiger partial charge in [-0.15, -0.1) is 35.0 Å². The van der Waals surface area contributed by atoms with E-state index in [1.54, 1.807) is 6.07 Å². The number of nitrogens with two attached hydrogens (primary N) is 1. The van der Waals surface area contributed by atoms with Gasteiger partial charge >= 0.3 is 0 Å². The van der Waals surface area contributed by atoms with E-state index in [9.17, 15) is 4.79 Å². The zero-order chi connectivity index (χ0) is 17.8. The fraction of sp³-hybridized carbons (Fsp3) is 0.471. The summed E-state index contributed by atoms with van der Waals surface area (Å²) in [4.78, 5) is 12.4. The van der Waals surface area contributed by atoms with Gasteiger partial charge in [0.25, 0.3) is 5.91 Å². The number of carbonyl (C=O) groups excluding carboxylic acids is 1. The minimum Gasteiger partial charge on any atom is -0.496 e. The maximum atomic E-state index is 12.4. The maximum absolute atomic E-state index is 12.4. The van der Waals surface area contributed by atoms with E-state index in [0.29, 0.717) is 35.0 Å². The van der Waals surface area contributed by atoms with E-state index in [1.807, 2.05) is 0 Å². The Morgan fingerprint density at radius 1 is 1.30 bits per heavy atom. The van der Waals surface area contributed by atoms with E-state index in [4.69, 9.17) is 22.1 Å². The van der Waals surface area contributed by atoms with Crippen molar-refractivity contribution in [1.82, 2.24) is 20.1 Å². The molecular weight excluding hydrogens is 413 g/mol. The van der Waals surface area contributed by atoms with Gasteiger partial charge < -0.3 is 20.4 Å². The molecule has 0 radical (unpaired) electrons. The van der Waals surface area contributed by atoms with Gasteiger partial charge in [-0.25, -0.2) is 0 Å². The Labute approximate surface area is 175 Å². The maximum Gasteiger partial charge on any atom is 0.255 e. The SMILES string of the molecule is COc1cc(N)c(Cl)cc1C(=O)NCCc1nnc2n1CCCCC2.Cl.Cl. The largest absolute Gasteiger partial charge is 0.496 e. The number of ether oxygens (including phenoxy) is 1. The van der Waals surface area contributed by atoms with Crippen LogP contribution in [0.1, 0.15) is 41.3 Å². The van der Waals surface area contributed by atoms with E-state index in [2.05, 4.69) is 20.1 Å². The van der Waals surface area contributed by atoms with Crippen LogP contribution in [0.2, 0.25) is 5.02 Å². The fourth-order valence-corrected chi connectivity index (χ4v) is 3.19. The quantitative estimate of drug-likeness (QED) is 0.702. The number of anilines is 1. The molecular formula is C17H24Cl3N5O2. The number of methoxy groups -OCH3 is 1. The number of fused-ring (bicyclic) bond motifs is 1. The molecule has 0 unspecified atom stereocenters. The van der Waals surface area contributed by atoms with Crippen molar-refractivity contribution >= 4 is 48.0 Å². The molecule has 1 aliphatic rings. The first-order chi connectivity index (χ1) is 12.1. The number of hydrogen-bond donors (Lipinski definition) is 2. The zero-order valence-electron chi connectivity index (χ0n) is 15.0. The molecule has 1 aromatic carbocycles. The first kappa shape index (κ1) is 23.3. The van der Waals surface area contributed by atoms with Crippen molar-refractivity contribution in [3.05, 3.63) is 34.4 Å². The van der Waals surface area contributed by atoms with E-state index in [-0.39, 0.29) is 30.7 Å². The number of aryl methyl sites for hydroxylation is 1. The Morgan fingerprint density at radius 2 is 2.07 bits per heavy atom. The van der Waals surface area contributed by atoms with E-state index >= 15 is 0 Å². The molecule has 2 heterocycles. The Kier molecular flexibility index (Phi) is 9.15. The molecule has 150 valence electrons. The molecule has 2 aromatic rings. The van der Waals surface area contributed by atoms with E-state index in [1.165, 1.54) is 19.6 Å². The average molecular weight is 437 g/mol. The number of benzene rings is 1. The van der Waals surface area contributed by atoms with Crippen LogP contribution < -0.4 is 15.8 Å². The molecule has 27 heavy (non-hydrogen) atoms. The summed E-state index contributed by atoms with van der Waals surface area (Å²) in [5.74, 6) is 2.11. The monoisotopic (exact) mass is 435 g/mol. The van der Waals surface area contributed by atoms with Gasteiger partial charge in [-0.05, 0) is 18.9 Å². The van der Waals surface area contributed by atoms with Crippen molar-refractivity contribution in [2.75, 3.05) is 19.4 Å². The molecule has 0 atom stereocenters. The molecule has 0 aliphatic carbocycles. The van der Waals surface area contributed by atoms with Crippen LogP contribution in [-0.4, -0.2) is 34.3 Å². The lowest BCUT2D eigenvalue weighted by Gasteiger charge is -2.11. The van der Waals surface area contributed by atoms with Gasteiger partial charge in [-0.2, -0.15) is 0 Å². The Morgan fingerprint density at radius 3 is 2.81 bits per heavy atom. The number of rotatable bonds is 5. The Bertz CT molecular complexity index is 782. The van der Waals surface area contributed by atoms with Gasteiger partial charge in [-0.3, -0.25) is 4.79 Å². The Balaban J connectivity index is 0.00000182. The Hall–Kier alpha value is -1.70. The van der Waals surface area contributed by atoms with Crippen molar-refractivity contribution in [1.29, 1.82) is 0 Å². The summed E-state index contributed by atoms with van der Waals surface area (Å²) in [6.07, 6.45) is 5.12. The van der Waals surface area contributed by atoms with Crippen LogP contribution in [-0.2, 0) is 19.4 Å². The molecule has 10 heteroatoms. The van der Waals surface area contributed by atoms with Crippen LogP contribution in [0.5, 0.6) is 5.75 Å². The van der Waals surface area contributed by atoms with Crippen LogP contribution in [0.4, 0.5) is 5.69 Å². The molecule has 0 saturated carbocycles. The molecule has 0 bridgehead atoms. The highest BCUT2D eigenvalue weighted by atomic mass is 35.5. The predicted octanol–water partition coefficient (Wildman–Crippen LogP) is 3.06. The molecule has 3 N–H and O–H groups in total. The summed E-state index contributed by atoms with van der Waals surface area (Å²) < 4.78 is 7.40. The van der Waals surface area contributed by atoms with E-state index < -0.39 is 0 Å². The lowest BCUT2D eigenvalue weighted by Crippen LogP contribution is -2.27. The van der Waals surface area contributed by atoms with Gasteiger partial charge in [0.15, 0.2) is 0 Å².